The summed E-state index contributed by atoms with van der Waals surface area (Å²) in [5, 5.41) is 5.80. The summed E-state index contributed by atoms with van der Waals surface area (Å²) < 4.78 is 11.6. The smallest absolute Gasteiger partial charge is 0.255 e. The first kappa shape index (κ1) is 19.5. The Kier molecular flexibility index (Phi) is 5.81. The molecule has 2 amide bonds. The van der Waals surface area contributed by atoms with Crippen LogP contribution in [0, 0.1) is 12.8 Å². The molecular formula is C23H26N2O4. The first-order chi connectivity index (χ1) is 14.1. The zero-order valence-corrected chi connectivity index (χ0v) is 16.6. The van der Waals surface area contributed by atoms with Gasteiger partial charge in [0.2, 0.25) is 5.91 Å². The monoisotopic (exact) mass is 394 g/mol. The van der Waals surface area contributed by atoms with E-state index in [2.05, 4.69) is 10.6 Å². The van der Waals surface area contributed by atoms with Crippen LogP contribution >= 0.6 is 0 Å². The van der Waals surface area contributed by atoms with Gasteiger partial charge in [0.05, 0.1) is 11.8 Å². The fourth-order valence-corrected chi connectivity index (χ4v) is 3.30. The lowest BCUT2D eigenvalue weighted by Gasteiger charge is -2.16. The molecule has 2 aromatic rings. The minimum atomic E-state index is -0.226. The van der Waals surface area contributed by atoms with Crippen molar-refractivity contribution in [3.05, 3.63) is 53.6 Å². The summed E-state index contributed by atoms with van der Waals surface area (Å²) in [6, 6.07) is 12.6. The normalized spacial score (nSPS) is 18.3. The van der Waals surface area contributed by atoms with Crippen LogP contribution in [0.15, 0.2) is 42.5 Å². The average Bonchev–Trinajstić information content (AvgIpc) is 3.45. The Labute approximate surface area is 170 Å². The van der Waals surface area contributed by atoms with E-state index in [4.69, 9.17) is 9.47 Å². The van der Waals surface area contributed by atoms with Crippen LogP contribution in [0.25, 0.3) is 0 Å². The second-order valence-corrected chi connectivity index (χ2v) is 7.74. The first-order valence-corrected chi connectivity index (χ1v) is 10.2. The number of rotatable bonds is 7. The highest BCUT2D eigenvalue weighted by atomic mass is 16.5. The first-order valence-electron chi connectivity index (χ1n) is 10.2. The van der Waals surface area contributed by atoms with Crippen molar-refractivity contribution in [3.8, 4) is 5.75 Å². The zero-order valence-electron chi connectivity index (χ0n) is 16.6. The quantitative estimate of drug-likeness (QED) is 0.740. The van der Waals surface area contributed by atoms with E-state index in [0.717, 1.165) is 37.9 Å². The Morgan fingerprint density at radius 2 is 1.86 bits per heavy atom. The molecule has 1 aliphatic carbocycles. The number of hydrogen-bond donors (Lipinski definition) is 2. The van der Waals surface area contributed by atoms with E-state index >= 15 is 0 Å². The van der Waals surface area contributed by atoms with Crippen molar-refractivity contribution in [2.45, 2.75) is 38.7 Å². The van der Waals surface area contributed by atoms with Gasteiger partial charge in [-0.3, -0.25) is 9.59 Å². The summed E-state index contributed by atoms with van der Waals surface area (Å²) in [7, 11) is 0. The summed E-state index contributed by atoms with van der Waals surface area (Å²) in [5.74, 6) is 0.612. The average molecular weight is 394 g/mol. The number of anilines is 2. The number of carbonyl (C=O) groups excluding carboxylic acids is 2. The fraction of sp³-hybridized carbons (Fsp3) is 0.391. The highest BCUT2D eigenvalue weighted by Gasteiger charge is 2.29. The van der Waals surface area contributed by atoms with Gasteiger partial charge in [0.1, 0.15) is 12.4 Å². The van der Waals surface area contributed by atoms with Gasteiger partial charge in [-0.1, -0.05) is 6.07 Å². The molecule has 4 rings (SSSR count). The van der Waals surface area contributed by atoms with Gasteiger partial charge in [0.15, 0.2) is 0 Å². The van der Waals surface area contributed by atoms with Crippen LogP contribution in [0.2, 0.25) is 0 Å². The molecule has 2 fully saturated rings. The Morgan fingerprint density at radius 3 is 2.55 bits per heavy atom. The molecule has 2 aliphatic rings. The molecule has 0 radical (unpaired) electrons. The molecule has 1 atom stereocenters. The lowest BCUT2D eigenvalue weighted by Crippen LogP contribution is -2.18. The molecule has 6 nitrogen and oxygen atoms in total. The van der Waals surface area contributed by atoms with Gasteiger partial charge >= 0.3 is 0 Å². The van der Waals surface area contributed by atoms with Gasteiger partial charge in [-0.25, -0.2) is 0 Å². The van der Waals surface area contributed by atoms with Crippen molar-refractivity contribution in [3.63, 3.8) is 0 Å². The third-order valence-corrected chi connectivity index (χ3v) is 5.20. The fourth-order valence-electron chi connectivity index (χ4n) is 3.30. The van der Waals surface area contributed by atoms with Crippen molar-refractivity contribution in [2.75, 3.05) is 23.8 Å². The molecule has 1 saturated carbocycles. The van der Waals surface area contributed by atoms with E-state index in [1.54, 1.807) is 24.3 Å². The molecule has 0 bridgehead atoms. The maximum Gasteiger partial charge on any atom is 0.255 e. The lowest BCUT2D eigenvalue weighted by atomic mass is 10.1. The van der Waals surface area contributed by atoms with E-state index in [-0.39, 0.29) is 23.8 Å². The molecule has 1 aliphatic heterocycles. The predicted molar refractivity (Wildman–Crippen MR) is 111 cm³/mol. The number of aryl methyl sites for hydroxylation is 1. The molecular weight excluding hydrogens is 368 g/mol. The van der Waals surface area contributed by atoms with E-state index in [1.165, 1.54) is 0 Å². The second-order valence-electron chi connectivity index (χ2n) is 7.74. The number of nitrogens with one attached hydrogen (secondary N) is 2. The Balaban J connectivity index is 1.39. The topological polar surface area (TPSA) is 76.7 Å². The molecule has 6 heteroatoms. The number of carbonyl (C=O) groups is 2. The molecule has 1 unspecified atom stereocenters. The second kappa shape index (κ2) is 8.66. The van der Waals surface area contributed by atoms with Gasteiger partial charge in [-0.2, -0.15) is 0 Å². The maximum absolute atomic E-state index is 12.7. The third-order valence-electron chi connectivity index (χ3n) is 5.20. The number of amides is 2. The van der Waals surface area contributed by atoms with Crippen molar-refractivity contribution >= 4 is 23.2 Å². The Hall–Kier alpha value is -2.86. The third kappa shape index (κ3) is 5.15. The summed E-state index contributed by atoms with van der Waals surface area (Å²) in [4.78, 5) is 24.5. The van der Waals surface area contributed by atoms with E-state index in [9.17, 15) is 9.59 Å². The van der Waals surface area contributed by atoms with E-state index in [0.29, 0.717) is 29.3 Å². The van der Waals surface area contributed by atoms with Gasteiger partial charge in [0, 0.05) is 23.8 Å². The van der Waals surface area contributed by atoms with Crippen LogP contribution in [0.3, 0.4) is 0 Å². The number of benzene rings is 2. The van der Waals surface area contributed by atoms with Crippen LogP contribution in [0.4, 0.5) is 11.4 Å². The molecule has 2 N–H and O–H groups in total. The molecule has 29 heavy (non-hydrogen) atoms. The highest BCUT2D eigenvalue weighted by Crippen LogP contribution is 2.30. The molecule has 0 spiro atoms. The van der Waals surface area contributed by atoms with Crippen LogP contribution in [0.5, 0.6) is 5.75 Å². The summed E-state index contributed by atoms with van der Waals surface area (Å²) >= 11 is 0. The lowest BCUT2D eigenvalue weighted by molar-refractivity contribution is -0.117. The predicted octanol–water partition coefficient (Wildman–Crippen LogP) is 4.15. The van der Waals surface area contributed by atoms with Crippen molar-refractivity contribution in [1.29, 1.82) is 0 Å². The molecule has 1 heterocycles. The van der Waals surface area contributed by atoms with Crippen LogP contribution in [0.1, 0.15) is 41.6 Å². The molecule has 1 saturated heterocycles. The SMILES string of the molecule is Cc1ccc(NC(=O)c2ccc(NC(=O)C3CC3)cc2)c(OCC2CCCO2)c1. The van der Waals surface area contributed by atoms with Crippen molar-refractivity contribution in [2.24, 2.45) is 5.92 Å². The summed E-state index contributed by atoms with van der Waals surface area (Å²) in [5.41, 5.74) is 2.90. The number of hydrogen-bond acceptors (Lipinski definition) is 4. The van der Waals surface area contributed by atoms with Crippen LogP contribution in [-0.4, -0.2) is 31.1 Å². The Morgan fingerprint density at radius 1 is 1.07 bits per heavy atom. The zero-order chi connectivity index (χ0) is 20.2. The van der Waals surface area contributed by atoms with Crippen LogP contribution in [-0.2, 0) is 9.53 Å². The standard InChI is InChI=1S/C23H26N2O4/c1-15-4-11-20(21(13-15)29-14-19-3-2-12-28-19)25-23(27)17-7-9-18(10-8-17)24-22(26)16-5-6-16/h4,7-11,13,16,19H,2-3,5-6,12,14H2,1H3,(H,24,26)(H,25,27). The molecule has 0 aromatic heterocycles. The minimum absolute atomic E-state index is 0.0508. The largest absolute Gasteiger partial charge is 0.489 e. The summed E-state index contributed by atoms with van der Waals surface area (Å²) in [6.07, 6.45) is 4.08. The highest BCUT2D eigenvalue weighted by molar-refractivity contribution is 6.05. The van der Waals surface area contributed by atoms with Gasteiger partial charge in [-0.15, -0.1) is 0 Å². The minimum Gasteiger partial charge on any atom is -0.489 e. The molecule has 152 valence electrons. The van der Waals surface area contributed by atoms with E-state index in [1.807, 2.05) is 25.1 Å². The number of ether oxygens (including phenoxy) is 2. The van der Waals surface area contributed by atoms with Crippen molar-refractivity contribution < 1.29 is 19.1 Å². The van der Waals surface area contributed by atoms with Gasteiger partial charge in [-0.05, 0) is 74.6 Å². The summed E-state index contributed by atoms with van der Waals surface area (Å²) in [6.45, 7) is 3.24. The van der Waals surface area contributed by atoms with Crippen molar-refractivity contribution in [1.82, 2.24) is 0 Å². The molecule has 2 aromatic carbocycles. The Bertz CT molecular complexity index is 884. The van der Waals surface area contributed by atoms with Gasteiger partial charge < -0.3 is 20.1 Å². The van der Waals surface area contributed by atoms with Gasteiger partial charge in [0.25, 0.3) is 5.91 Å². The maximum atomic E-state index is 12.7. The van der Waals surface area contributed by atoms with Crippen LogP contribution < -0.4 is 15.4 Å². The van der Waals surface area contributed by atoms with E-state index < -0.39 is 0 Å².